The number of nitrogens with zero attached hydrogens (tertiary/aromatic N) is 1. The van der Waals surface area contributed by atoms with Crippen molar-refractivity contribution in [3.63, 3.8) is 0 Å². The zero-order valence-electron chi connectivity index (χ0n) is 15.0. The fourth-order valence-corrected chi connectivity index (χ4v) is 4.35. The van der Waals surface area contributed by atoms with E-state index in [0.717, 1.165) is 11.3 Å². The SMILES string of the molecule is Cc1cccc(OCC(=O)N(C2CCCCC2)C2CCCCC2)c1. The molecule has 0 saturated heterocycles. The normalized spacial score (nSPS) is 19.9. The average Bonchev–Trinajstić information content (AvgIpc) is 2.62. The first kappa shape index (κ1) is 17.3. The van der Waals surface area contributed by atoms with Gasteiger partial charge in [-0.05, 0) is 50.3 Å². The van der Waals surface area contributed by atoms with Crippen molar-refractivity contribution >= 4 is 5.91 Å². The summed E-state index contributed by atoms with van der Waals surface area (Å²) < 4.78 is 5.82. The summed E-state index contributed by atoms with van der Waals surface area (Å²) >= 11 is 0. The first-order valence-corrected chi connectivity index (χ1v) is 9.74. The van der Waals surface area contributed by atoms with Gasteiger partial charge in [-0.1, -0.05) is 50.7 Å². The molecule has 0 spiro atoms. The molecule has 0 bridgehead atoms. The standard InChI is InChI=1S/C21H31NO2/c1-17-9-8-14-20(15-17)24-16-21(23)22(18-10-4-2-5-11-18)19-12-6-3-7-13-19/h8-9,14-15,18-19H,2-7,10-13,16H2,1H3. The molecule has 0 N–H and O–H groups in total. The molecule has 0 atom stereocenters. The third-order valence-electron chi connectivity index (χ3n) is 5.58. The third-order valence-corrected chi connectivity index (χ3v) is 5.58. The molecule has 3 rings (SSSR count). The van der Waals surface area contributed by atoms with Gasteiger partial charge in [-0.3, -0.25) is 4.79 Å². The van der Waals surface area contributed by atoms with Crippen LogP contribution in [0.5, 0.6) is 5.75 Å². The highest BCUT2D eigenvalue weighted by Gasteiger charge is 2.32. The second-order valence-corrected chi connectivity index (χ2v) is 7.49. The van der Waals surface area contributed by atoms with Crippen LogP contribution >= 0.6 is 0 Å². The molecule has 0 radical (unpaired) electrons. The Labute approximate surface area is 146 Å². The first-order valence-electron chi connectivity index (χ1n) is 9.74. The summed E-state index contributed by atoms with van der Waals surface area (Å²) in [6.07, 6.45) is 12.4. The predicted molar refractivity (Wildman–Crippen MR) is 97.3 cm³/mol. The van der Waals surface area contributed by atoms with Crippen molar-refractivity contribution in [2.45, 2.75) is 83.2 Å². The Kier molecular flexibility index (Phi) is 6.17. The Bertz CT molecular complexity index is 512. The van der Waals surface area contributed by atoms with E-state index in [9.17, 15) is 4.79 Å². The lowest BCUT2D eigenvalue weighted by molar-refractivity contribution is -0.140. The Morgan fingerprint density at radius 3 is 2.12 bits per heavy atom. The van der Waals surface area contributed by atoms with Crippen LogP contribution in [0.2, 0.25) is 0 Å². The molecular weight excluding hydrogens is 298 g/mol. The monoisotopic (exact) mass is 329 g/mol. The molecule has 1 aromatic carbocycles. The van der Waals surface area contributed by atoms with Gasteiger partial charge in [0.25, 0.3) is 5.91 Å². The summed E-state index contributed by atoms with van der Waals surface area (Å²) in [6.45, 7) is 2.22. The fraction of sp³-hybridized carbons (Fsp3) is 0.667. The van der Waals surface area contributed by atoms with Crippen LogP contribution < -0.4 is 4.74 Å². The van der Waals surface area contributed by atoms with Gasteiger partial charge in [-0.2, -0.15) is 0 Å². The molecule has 1 aromatic rings. The number of amides is 1. The van der Waals surface area contributed by atoms with Crippen LogP contribution in [0.1, 0.15) is 69.8 Å². The highest BCUT2D eigenvalue weighted by atomic mass is 16.5. The molecule has 24 heavy (non-hydrogen) atoms. The largest absolute Gasteiger partial charge is 0.484 e. The van der Waals surface area contributed by atoms with E-state index < -0.39 is 0 Å². The van der Waals surface area contributed by atoms with Crippen molar-refractivity contribution in [2.75, 3.05) is 6.61 Å². The lowest BCUT2D eigenvalue weighted by atomic mass is 9.88. The predicted octanol–water partition coefficient (Wildman–Crippen LogP) is 4.87. The van der Waals surface area contributed by atoms with Crippen LogP contribution in [-0.2, 0) is 4.79 Å². The number of ether oxygens (including phenoxy) is 1. The van der Waals surface area contributed by atoms with Gasteiger partial charge >= 0.3 is 0 Å². The molecule has 1 amide bonds. The summed E-state index contributed by atoms with van der Waals surface area (Å²) in [5, 5.41) is 0. The van der Waals surface area contributed by atoms with Gasteiger partial charge in [0, 0.05) is 12.1 Å². The van der Waals surface area contributed by atoms with E-state index in [1.807, 2.05) is 31.2 Å². The minimum atomic E-state index is 0.177. The molecule has 2 fully saturated rings. The number of carbonyl (C=O) groups excluding carboxylic acids is 1. The number of carbonyl (C=O) groups is 1. The minimum Gasteiger partial charge on any atom is -0.484 e. The van der Waals surface area contributed by atoms with Gasteiger partial charge in [0.15, 0.2) is 6.61 Å². The highest BCUT2D eigenvalue weighted by molar-refractivity contribution is 5.78. The summed E-state index contributed by atoms with van der Waals surface area (Å²) in [7, 11) is 0. The van der Waals surface area contributed by atoms with E-state index in [1.165, 1.54) is 64.2 Å². The molecule has 2 aliphatic carbocycles. The van der Waals surface area contributed by atoms with Crippen LogP contribution in [0.4, 0.5) is 0 Å². The number of benzene rings is 1. The molecule has 3 heteroatoms. The first-order chi connectivity index (χ1) is 11.7. The maximum absolute atomic E-state index is 13.0. The highest BCUT2D eigenvalue weighted by Crippen LogP contribution is 2.30. The van der Waals surface area contributed by atoms with Crippen molar-refractivity contribution < 1.29 is 9.53 Å². The number of hydrogen-bond acceptors (Lipinski definition) is 2. The van der Waals surface area contributed by atoms with Gasteiger partial charge < -0.3 is 9.64 Å². The van der Waals surface area contributed by atoms with Gasteiger partial charge in [0.1, 0.15) is 5.75 Å². The van der Waals surface area contributed by atoms with E-state index >= 15 is 0 Å². The van der Waals surface area contributed by atoms with E-state index in [2.05, 4.69) is 4.90 Å². The number of hydrogen-bond donors (Lipinski definition) is 0. The quantitative estimate of drug-likeness (QED) is 0.771. The van der Waals surface area contributed by atoms with E-state index in [1.54, 1.807) is 0 Å². The van der Waals surface area contributed by atoms with Crippen LogP contribution in [-0.4, -0.2) is 29.5 Å². The van der Waals surface area contributed by atoms with Crippen molar-refractivity contribution in [1.82, 2.24) is 4.90 Å². The Balaban J connectivity index is 1.65. The average molecular weight is 329 g/mol. The molecule has 2 aliphatic rings. The van der Waals surface area contributed by atoms with Crippen LogP contribution in [0.25, 0.3) is 0 Å². The van der Waals surface area contributed by atoms with Gasteiger partial charge in [-0.25, -0.2) is 0 Å². The zero-order chi connectivity index (χ0) is 16.8. The fourth-order valence-electron chi connectivity index (χ4n) is 4.35. The van der Waals surface area contributed by atoms with Gasteiger partial charge in [0.2, 0.25) is 0 Å². The van der Waals surface area contributed by atoms with E-state index in [-0.39, 0.29) is 12.5 Å². The summed E-state index contributed by atoms with van der Waals surface area (Å²) in [4.78, 5) is 15.2. The smallest absolute Gasteiger partial charge is 0.261 e. The molecule has 132 valence electrons. The summed E-state index contributed by atoms with van der Waals surface area (Å²) in [5.74, 6) is 0.992. The van der Waals surface area contributed by atoms with Crippen LogP contribution in [0.3, 0.4) is 0 Å². The molecule has 2 saturated carbocycles. The second kappa shape index (κ2) is 8.55. The summed E-state index contributed by atoms with van der Waals surface area (Å²) in [6, 6.07) is 8.84. The lowest BCUT2D eigenvalue weighted by Gasteiger charge is -2.41. The molecule has 0 aliphatic heterocycles. The van der Waals surface area contributed by atoms with Crippen LogP contribution in [0.15, 0.2) is 24.3 Å². The van der Waals surface area contributed by atoms with Gasteiger partial charge in [-0.15, -0.1) is 0 Å². The topological polar surface area (TPSA) is 29.5 Å². The Morgan fingerprint density at radius 1 is 1.00 bits per heavy atom. The van der Waals surface area contributed by atoms with Crippen molar-refractivity contribution in [1.29, 1.82) is 0 Å². The zero-order valence-corrected chi connectivity index (χ0v) is 15.0. The maximum Gasteiger partial charge on any atom is 0.261 e. The molecule has 0 heterocycles. The van der Waals surface area contributed by atoms with Crippen molar-refractivity contribution in [2.24, 2.45) is 0 Å². The van der Waals surface area contributed by atoms with E-state index in [4.69, 9.17) is 4.74 Å². The van der Waals surface area contributed by atoms with Crippen molar-refractivity contribution in [3.05, 3.63) is 29.8 Å². The van der Waals surface area contributed by atoms with Crippen molar-refractivity contribution in [3.8, 4) is 5.75 Å². The Hall–Kier alpha value is -1.51. The van der Waals surface area contributed by atoms with Gasteiger partial charge in [0.05, 0.1) is 0 Å². The lowest BCUT2D eigenvalue weighted by Crippen LogP contribution is -2.50. The van der Waals surface area contributed by atoms with Crippen LogP contribution in [0, 0.1) is 6.92 Å². The minimum absolute atomic E-state index is 0.177. The molecule has 3 nitrogen and oxygen atoms in total. The molecule has 0 aromatic heterocycles. The maximum atomic E-state index is 13.0. The molecule has 0 unspecified atom stereocenters. The number of rotatable bonds is 5. The third kappa shape index (κ3) is 4.52. The molecular formula is C21H31NO2. The van der Waals surface area contributed by atoms with E-state index in [0.29, 0.717) is 12.1 Å². The Morgan fingerprint density at radius 2 is 1.58 bits per heavy atom. The number of aryl methyl sites for hydroxylation is 1. The second-order valence-electron chi connectivity index (χ2n) is 7.49. The summed E-state index contributed by atoms with van der Waals surface area (Å²) in [5.41, 5.74) is 1.16.